The van der Waals surface area contributed by atoms with Crippen LogP contribution in [0.4, 0.5) is 0 Å². The average molecular weight is 225 g/mol. The van der Waals surface area contributed by atoms with Crippen molar-refractivity contribution in [1.29, 1.82) is 0 Å². The van der Waals surface area contributed by atoms with Gasteiger partial charge in [-0.1, -0.05) is 6.92 Å². The first kappa shape index (κ1) is 11.6. The molecule has 0 spiro atoms. The third kappa shape index (κ3) is 2.64. The molecule has 1 fully saturated rings. The largest absolute Gasteiger partial charge is 0.465 e. The van der Waals surface area contributed by atoms with Crippen molar-refractivity contribution in [2.24, 2.45) is 0 Å². The van der Waals surface area contributed by atoms with E-state index in [0.717, 1.165) is 18.1 Å². The van der Waals surface area contributed by atoms with Crippen LogP contribution >= 0.6 is 0 Å². The lowest BCUT2D eigenvalue weighted by Gasteiger charge is -2.29. The van der Waals surface area contributed by atoms with Gasteiger partial charge in [0.1, 0.15) is 17.6 Å². The molecule has 16 heavy (non-hydrogen) atoms. The molecule has 2 rings (SSSR count). The molecule has 0 amide bonds. The van der Waals surface area contributed by atoms with Crippen molar-refractivity contribution in [3.05, 3.63) is 23.7 Å². The second-order valence-corrected chi connectivity index (χ2v) is 3.97. The molecule has 1 aromatic rings. The summed E-state index contributed by atoms with van der Waals surface area (Å²) in [5.74, 6) is 1.85. The van der Waals surface area contributed by atoms with Gasteiger partial charge in [-0.2, -0.15) is 0 Å². The SMILES string of the molecule is CCNC(c1ccc(C)o1)C1COCCO1. The molecule has 0 aliphatic carbocycles. The Morgan fingerprint density at radius 2 is 2.31 bits per heavy atom. The standard InChI is InChI=1S/C12H19NO3/c1-3-13-12(10-5-4-9(2)16-10)11-8-14-6-7-15-11/h4-5,11-13H,3,6-8H2,1-2H3. The summed E-state index contributed by atoms with van der Waals surface area (Å²) in [6.45, 7) is 6.87. The fraction of sp³-hybridized carbons (Fsp3) is 0.667. The first-order chi connectivity index (χ1) is 7.81. The quantitative estimate of drug-likeness (QED) is 0.846. The Hall–Kier alpha value is -0.840. The molecule has 0 bridgehead atoms. The Morgan fingerprint density at radius 3 is 2.88 bits per heavy atom. The van der Waals surface area contributed by atoms with Crippen molar-refractivity contribution in [1.82, 2.24) is 5.32 Å². The van der Waals surface area contributed by atoms with Crippen LogP contribution in [0.1, 0.15) is 24.5 Å². The second kappa shape index (κ2) is 5.48. The van der Waals surface area contributed by atoms with Crippen molar-refractivity contribution in [2.75, 3.05) is 26.4 Å². The number of hydrogen-bond donors (Lipinski definition) is 1. The van der Waals surface area contributed by atoms with Crippen LogP contribution in [0.25, 0.3) is 0 Å². The fourth-order valence-corrected chi connectivity index (χ4v) is 1.95. The van der Waals surface area contributed by atoms with Gasteiger partial charge in [0, 0.05) is 0 Å². The van der Waals surface area contributed by atoms with Crippen LogP contribution in [0.5, 0.6) is 0 Å². The highest BCUT2D eigenvalue weighted by Gasteiger charge is 2.28. The molecule has 0 radical (unpaired) electrons. The zero-order valence-corrected chi connectivity index (χ0v) is 9.86. The first-order valence-electron chi connectivity index (χ1n) is 5.80. The first-order valence-corrected chi connectivity index (χ1v) is 5.80. The maximum absolute atomic E-state index is 5.71. The molecule has 2 heterocycles. The van der Waals surface area contributed by atoms with E-state index in [1.54, 1.807) is 0 Å². The van der Waals surface area contributed by atoms with Crippen molar-refractivity contribution in [3.8, 4) is 0 Å². The van der Waals surface area contributed by atoms with Crippen molar-refractivity contribution in [3.63, 3.8) is 0 Å². The van der Waals surface area contributed by atoms with E-state index in [1.807, 2.05) is 19.1 Å². The van der Waals surface area contributed by atoms with E-state index in [-0.39, 0.29) is 12.1 Å². The predicted octanol–water partition coefficient (Wildman–Crippen LogP) is 1.65. The Morgan fingerprint density at radius 1 is 1.44 bits per heavy atom. The highest BCUT2D eigenvalue weighted by molar-refractivity contribution is 5.11. The van der Waals surface area contributed by atoms with Gasteiger partial charge < -0.3 is 19.2 Å². The van der Waals surface area contributed by atoms with Crippen molar-refractivity contribution < 1.29 is 13.9 Å². The summed E-state index contributed by atoms with van der Waals surface area (Å²) in [6, 6.07) is 4.06. The summed E-state index contributed by atoms with van der Waals surface area (Å²) in [5.41, 5.74) is 0. The molecule has 0 saturated carbocycles. The van der Waals surface area contributed by atoms with E-state index in [0.29, 0.717) is 19.8 Å². The minimum Gasteiger partial charge on any atom is -0.465 e. The predicted molar refractivity (Wildman–Crippen MR) is 60.4 cm³/mol. The number of hydrogen-bond acceptors (Lipinski definition) is 4. The maximum Gasteiger partial charge on any atom is 0.123 e. The number of ether oxygens (including phenoxy) is 2. The Labute approximate surface area is 95.9 Å². The van der Waals surface area contributed by atoms with E-state index >= 15 is 0 Å². The number of nitrogens with one attached hydrogen (secondary N) is 1. The normalized spacial score (nSPS) is 23.2. The van der Waals surface area contributed by atoms with Gasteiger partial charge in [0.15, 0.2) is 0 Å². The summed E-state index contributed by atoms with van der Waals surface area (Å²) in [5, 5.41) is 3.38. The minimum absolute atomic E-state index is 0.0410. The second-order valence-electron chi connectivity index (χ2n) is 3.97. The summed E-state index contributed by atoms with van der Waals surface area (Å²) in [6.07, 6.45) is 0.0410. The molecule has 2 atom stereocenters. The van der Waals surface area contributed by atoms with Crippen LogP contribution in [0.3, 0.4) is 0 Å². The molecule has 90 valence electrons. The van der Waals surface area contributed by atoms with E-state index in [4.69, 9.17) is 13.9 Å². The highest BCUT2D eigenvalue weighted by Crippen LogP contribution is 2.23. The van der Waals surface area contributed by atoms with Crippen LogP contribution in [0.2, 0.25) is 0 Å². The molecular weight excluding hydrogens is 206 g/mol. The number of likely N-dealkylation sites (N-methyl/N-ethyl adjacent to an activating group) is 1. The van der Waals surface area contributed by atoms with Crippen molar-refractivity contribution in [2.45, 2.75) is 26.0 Å². The van der Waals surface area contributed by atoms with Gasteiger partial charge in [0.05, 0.1) is 25.9 Å². The van der Waals surface area contributed by atoms with Gasteiger partial charge in [-0.05, 0) is 25.6 Å². The monoisotopic (exact) mass is 225 g/mol. The molecule has 4 heteroatoms. The van der Waals surface area contributed by atoms with Gasteiger partial charge in [-0.3, -0.25) is 0 Å². The van der Waals surface area contributed by atoms with E-state index in [1.165, 1.54) is 0 Å². The highest BCUT2D eigenvalue weighted by atomic mass is 16.6. The fourth-order valence-electron chi connectivity index (χ4n) is 1.95. The Bertz CT molecular complexity index is 318. The smallest absolute Gasteiger partial charge is 0.123 e. The topological polar surface area (TPSA) is 43.6 Å². The van der Waals surface area contributed by atoms with Gasteiger partial charge in [0.2, 0.25) is 0 Å². The third-order valence-electron chi connectivity index (χ3n) is 2.71. The van der Waals surface area contributed by atoms with E-state index in [9.17, 15) is 0 Å². The molecule has 1 N–H and O–H groups in total. The van der Waals surface area contributed by atoms with Crippen molar-refractivity contribution >= 4 is 0 Å². The molecule has 1 aromatic heterocycles. The van der Waals surface area contributed by atoms with E-state index < -0.39 is 0 Å². The van der Waals surface area contributed by atoms with Gasteiger partial charge in [-0.15, -0.1) is 0 Å². The molecule has 0 aromatic carbocycles. The average Bonchev–Trinajstić information content (AvgIpc) is 2.74. The lowest BCUT2D eigenvalue weighted by molar-refractivity contribution is -0.104. The van der Waals surface area contributed by atoms with E-state index in [2.05, 4.69) is 12.2 Å². The number of aryl methyl sites for hydroxylation is 1. The Kier molecular flexibility index (Phi) is 3.98. The summed E-state index contributed by atoms with van der Waals surface area (Å²) < 4.78 is 16.8. The third-order valence-corrected chi connectivity index (χ3v) is 2.71. The maximum atomic E-state index is 5.71. The lowest BCUT2D eigenvalue weighted by atomic mass is 10.1. The van der Waals surface area contributed by atoms with Crippen LogP contribution in [-0.4, -0.2) is 32.5 Å². The Balaban J connectivity index is 2.09. The summed E-state index contributed by atoms with van der Waals surface area (Å²) in [4.78, 5) is 0. The molecule has 1 aliphatic rings. The molecule has 4 nitrogen and oxygen atoms in total. The summed E-state index contributed by atoms with van der Waals surface area (Å²) in [7, 11) is 0. The van der Waals surface area contributed by atoms with Crippen LogP contribution in [-0.2, 0) is 9.47 Å². The molecule has 2 unspecified atom stereocenters. The lowest BCUT2D eigenvalue weighted by Crippen LogP contribution is -2.40. The number of rotatable bonds is 4. The molecule has 1 aliphatic heterocycles. The molecular formula is C12H19NO3. The minimum atomic E-state index is 0.0410. The summed E-state index contributed by atoms with van der Waals surface area (Å²) >= 11 is 0. The van der Waals surface area contributed by atoms with Crippen LogP contribution in [0.15, 0.2) is 16.5 Å². The number of furan rings is 1. The van der Waals surface area contributed by atoms with Crippen LogP contribution < -0.4 is 5.32 Å². The van der Waals surface area contributed by atoms with Gasteiger partial charge in [0.25, 0.3) is 0 Å². The zero-order valence-electron chi connectivity index (χ0n) is 9.86. The van der Waals surface area contributed by atoms with Gasteiger partial charge >= 0.3 is 0 Å². The van der Waals surface area contributed by atoms with Crippen LogP contribution in [0, 0.1) is 6.92 Å². The molecule has 1 saturated heterocycles. The zero-order chi connectivity index (χ0) is 11.4. The van der Waals surface area contributed by atoms with Gasteiger partial charge in [-0.25, -0.2) is 0 Å².